The van der Waals surface area contributed by atoms with Crippen LogP contribution in [0.4, 0.5) is 5.69 Å². The van der Waals surface area contributed by atoms with Crippen LogP contribution >= 0.6 is 0 Å². The highest BCUT2D eigenvalue weighted by molar-refractivity contribution is 6.27. The average molecular weight is 286 g/mol. The van der Waals surface area contributed by atoms with Crippen LogP contribution in [0.25, 0.3) is 0 Å². The number of piperidine rings is 1. The van der Waals surface area contributed by atoms with Crippen molar-refractivity contribution in [2.45, 2.75) is 12.8 Å². The molecule has 2 aliphatic heterocycles. The van der Waals surface area contributed by atoms with Crippen molar-refractivity contribution in [1.82, 2.24) is 4.90 Å². The Bertz CT molecular complexity index is 616. The van der Waals surface area contributed by atoms with Crippen molar-refractivity contribution in [2.24, 2.45) is 16.8 Å². The quantitative estimate of drug-likeness (QED) is 0.844. The molecule has 0 spiro atoms. The Kier molecular flexibility index (Phi) is 3.59. The van der Waals surface area contributed by atoms with Gasteiger partial charge in [0.25, 0.3) is 0 Å². The number of carbonyl (C=O) groups excluding carboxylic acids is 1. The van der Waals surface area contributed by atoms with E-state index in [0.29, 0.717) is 17.0 Å². The number of rotatable bonds is 2. The van der Waals surface area contributed by atoms with E-state index in [-0.39, 0.29) is 11.7 Å². The van der Waals surface area contributed by atoms with Gasteiger partial charge in [-0.1, -0.05) is 12.1 Å². The maximum absolute atomic E-state index is 12.5. The summed E-state index contributed by atoms with van der Waals surface area (Å²) in [5.41, 5.74) is 1.56. The summed E-state index contributed by atoms with van der Waals surface area (Å²) in [6, 6.07) is 7.00. The number of ketones is 1. The fourth-order valence-electron chi connectivity index (χ4n) is 3.14. The number of para-hydroxylation sites is 1. The molecular weight excluding hydrogens is 268 g/mol. The van der Waals surface area contributed by atoms with E-state index in [2.05, 4.69) is 9.89 Å². The Balaban J connectivity index is 2.01. The molecule has 5 nitrogen and oxygen atoms in total. The van der Waals surface area contributed by atoms with E-state index >= 15 is 0 Å². The summed E-state index contributed by atoms with van der Waals surface area (Å²) in [4.78, 5) is 30.8. The molecule has 3 rings (SSSR count). The maximum Gasteiger partial charge on any atom is 0.320 e. The van der Waals surface area contributed by atoms with Crippen LogP contribution in [0.3, 0.4) is 0 Å². The van der Waals surface area contributed by atoms with E-state index in [1.54, 1.807) is 18.2 Å². The zero-order valence-electron chi connectivity index (χ0n) is 12.0. The third kappa shape index (κ3) is 2.49. The van der Waals surface area contributed by atoms with Gasteiger partial charge in [-0.05, 0) is 45.1 Å². The number of aliphatic carboxylic acids is 1. The minimum Gasteiger partial charge on any atom is -0.480 e. The number of fused-ring (bicyclic) bond motifs is 1. The summed E-state index contributed by atoms with van der Waals surface area (Å²) in [6.45, 7) is 1.82. The first kappa shape index (κ1) is 13.9. The van der Waals surface area contributed by atoms with Gasteiger partial charge < -0.3 is 10.0 Å². The van der Waals surface area contributed by atoms with E-state index in [1.165, 1.54) is 0 Å². The van der Waals surface area contributed by atoms with Crippen LogP contribution in [0.15, 0.2) is 29.3 Å². The van der Waals surface area contributed by atoms with Crippen LogP contribution in [0.5, 0.6) is 0 Å². The number of Topliss-reactive ketones (excluding diaryl/α,β-unsaturated/α-hetero) is 1. The Labute approximate surface area is 123 Å². The maximum atomic E-state index is 12.5. The van der Waals surface area contributed by atoms with Crippen molar-refractivity contribution >= 4 is 23.2 Å². The molecule has 1 N–H and O–H groups in total. The molecule has 1 aromatic carbocycles. The summed E-state index contributed by atoms with van der Waals surface area (Å²) in [5.74, 6) is -2.46. The number of carbonyl (C=O) groups is 2. The van der Waals surface area contributed by atoms with Crippen LogP contribution in [-0.4, -0.2) is 47.6 Å². The van der Waals surface area contributed by atoms with Gasteiger partial charge >= 0.3 is 5.97 Å². The van der Waals surface area contributed by atoms with Crippen molar-refractivity contribution in [2.75, 3.05) is 20.1 Å². The molecule has 0 aliphatic carbocycles. The molecule has 0 bridgehead atoms. The molecule has 1 atom stereocenters. The van der Waals surface area contributed by atoms with Gasteiger partial charge in [-0.15, -0.1) is 0 Å². The summed E-state index contributed by atoms with van der Waals surface area (Å²) in [7, 11) is 2.05. The lowest BCUT2D eigenvalue weighted by Crippen LogP contribution is -2.42. The van der Waals surface area contributed by atoms with Gasteiger partial charge in [0, 0.05) is 17.2 Å². The van der Waals surface area contributed by atoms with E-state index < -0.39 is 11.9 Å². The average Bonchev–Trinajstić information content (AvgIpc) is 2.47. The Morgan fingerprint density at radius 2 is 1.95 bits per heavy atom. The standard InChI is InChI=1S/C16H18N2O3/c1-18-8-6-10(7-9-18)14-13(16(20)21)15(19)11-4-2-3-5-12(11)17-14/h2-5,10,13H,6-9H2,1H3,(H,20,21). The molecule has 0 aromatic heterocycles. The van der Waals surface area contributed by atoms with Crippen molar-refractivity contribution in [1.29, 1.82) is 0 Å². The van der Waals surface area contributed by atoms with E-state index in [0.717, 1.165) is 25.9 Å². The minimum absolute atomic E-state index is 0.0830. The fourth-order valence-corrected chi connectivity index (χ4v) is 3.14. The summed E-state index contributed by atoms with van der Waals surface area (Å²) < 4.78 is 0. The lowest BCUT2D eigenvalue weighted by atomic mass is 9.79. The molecule has 0 saturated carbocycles. The Morgan fingerprint density at radius 1 is 1.29 bits per heavy atom. The van der Waals surface area contributed by atoms with Gasteiger partial charge in [-0.2, -0.15) is 0 Å². The number of hydrogen-bond acceptors (Lipinski definition) is 4. The number of carboxylic acids is 1. The lowest BCUT2D eigenvalue weighted by Gasteiger charge is -2.33. The SMILES string of the molecule is CN1CCC(C2=Nc3ccccc3C(=O)C2C(=O)O)CC1. The second kappa shape index (κ2) is 5.41. The number of benzene rings is 1. The number of carboxylic acid groups (broad SMARTS) is 1. The first-order valence-electron chi connectivity index (χ1n) is 7.21. The van der Waals surface area contributed by atoms with Crippen LogP contribution in [0.1, 0.15) is 23.2 Å². The number of likely N-dealkylation sites (tertiary alicyclic amines) is 1. The lowest BCUT2D eigenvalue weighted by molar-refractivity contribution is -0.138. The zero-order valence-corrected chi connectivity index (χ0v) is 12.0. The van der Waals surface area contributed by atoms with Gasteiger partial charge in [0.15, 0.2) is 11.7 Å². The van der Waals surface area contributed by atoms with Crippen molar-refractivity contribution < 1.29 is 14.7 Å². The molecule has 2 heterocycles. The first-order chi connectivity index (χ1) is 10.1. The van der Waals surface area contributed by atoms with Crippen molar-refractivity contribution in [3.8, 4) is 0 Å². The zero-order chi connectivity index (χ0) is 15.0. The van der Waals surface area contributed by atoms with Crippen molar-refractivity contribution in [3.63, 3.8) is 0 Å². The molecule has 0 amide bonds. The minimum atomic E-state index is -1.12. The van der Waals surface area contributed by atoms with Gasteiger partial charge in [-0.25, -0.2) is 0 Å². The predicted octanol–water partition coefficient (Wildman–Crippen LogP) is 2.00. The predicted molar refractivity (Wildman–Crippen MR) is 79.2 cm³/mol. The molecule has 2 aliphatic rings. The van der Waals surface area contributed by atoms with Gasteiger partial charge in [0.2, 0.25) is 0 Å². The summed E-state index contributed by atoms with van der Waals surface area (Å²) in [6.07, 6.45) is 1.71. The second-order valence-corrected chi connectivity index (χ2v) is 5.77. The molecule has 110 valence electrons. The smallest absolute Gasteiger partial charge is 0.320 e. The van der Waals surface area contributed by atoms with Gasteiger partial charge in [-0.3, -0.25) is 14.6 Å². The normalized spacial score (nSPS) is 23.6. The first-order valence-corrected chi connectivity index (χ1v) is 7.21. The highest BCUT2D eigenvalue weighted by atomic mass is 16.4. The topological polar surface area (TPSA) is 70.0 Å². The van der Waals surface area contributed by atoms with E-state index in [1.807, 2.05) is 13.1 Å². The van der Waals surface area contributed by atoms with Crippen LogP contribution in [0.2, 0.25) is 0 Å². The van der Waals surface area contributed by atoms with Gasteiger partial charge in [0.05, 0.1) is 5.69 Å². The van der Waals surface area contributed by atoms with Crippen LogP contribution in [-0.2, 0) is 4.79 Å². The number of hydrogen-bond donors (Lipinski definition) is 1. The molecule has 21 heavy (non-hydrogen) atoms. The van der Waals surface area contributed by atoms with E-state index in [4.69, 9.17) is 0 Å². The Hall–Kier alpha value is -2.01. The van der Waals surface area contributed by atoms with Crippen LogP contribution < -0.4 is 0 Å². The summed E-state index contributed by atoms with van der Waals surface area (Å²) >= 11 is 0. The highest BCUT2D eigenvalue weighted by Crippen LogP contribution is 2.33. The van der Waals surface area contributed by atoms with Crippen LogP contribution in [0, 0.1) is 11.8 Å². The highest BCUT2D eigenvalue weighted by Gasteiger charge is 2.40. The monoisotopic (exact) mass is 286 g/mol. The number of nitrogens with zero attached hydrogens (tertiary/aromatic N) is 2. The van der Waals surface area contributed by atoms with Gasteiger partial charge in [0.1, 0.15) is 0 Å². The largest absolute Gasteiger partial charge is 0.480 e. The second-order valence-electron chi connectivity index (χ2n) is 5.77. The molecule has 5 heteroatoms. The molecular formula is C16H18N2O3. The van der Waals surface area contributed by atoms with E-state index in [9.17, 15) is 14.7 Å². The third-order valence-electron chi connectivity index (χ3n) is 4.36. The molecule has 1 fully saturated rings. The number of aliphatic imine (C=N–C) groups is 1. The fraction of sp³-hybridized carbons (Fsp3) is 0.438. The molecule has 1 aromatic rings. The molecule has 1 saturated heterocycles. The third-order valence-corrected chi connectivity index (χ3v) is 4.36. The van der Waals surface area contributed by atoms with Crippen molar-refractivity contribution in [3.05, 3.63) is 29.8 Å². The molecule has 0 radical (unpaired) electrons. The summed E-state index contributed by atoms with van der Waals surface area (Å²) in [5, 5.41) is 9.48. The Morgan fingerprint density at radius 3 is 2.62 bits per heavy atom. The molecule has 1 unspecified atom stereocenters.